The summed E-state index contributed by atoms with van der Waals surface area (Å²) < 4.78 is 0. The Kier molecular flexibility index (Phi) is 6.18. The van der Waals surface area contributed by atoms with E-state index in [0.29, 0.717) is 19.5 Å². The van der Waals surface area contributed by atoms with Crippen LogP contribution in [0.3, 0.4) is 0 Å². The van der Waals surface area contributed by atoms with Crippen LogP contribution in [0.15, 0.2) is 48.5 Å². The fourth-order valence-corrected chi connectivity index (χ4v) is 4.61. The number of carbonyl (C=O) groups excluding carboxylic acids is 2. The summed E-state index contributed by atoms with van der Waals surface area (Å²) in [6.45, 7) is 8.48. The van der Waals surface area contributed by atoms with Crippen molar-refractivity contribution in [3.63, 3.8) is 0 Å². The molecule has 4 rings (SSSR count). The fourth-order valence-electron chi connectivity index (χ4n) is 4.61. The van der Waals surface area contributed by atoms with Gasteiger partial charge in [0.25, 0.3) is 0 Å². The van der Waals surface area contributed by atoms with Gasteiger partial charge in [0, 0.05) is 39.3 Å². The molecule has 0 saturated carbocycles. The van der Waals surface area contributed by atoms with E-state index >= 15 is 0 Å². The number of aryl methyl sites for hydroxylation is 2. The highest BCUT2D eigenvalue weighted by Gasteiger charge is 2.38. The molecule has 1 unspecified atom stereocenters. The standard InChI is InChI=1S/C25H31N3O2/c1-19-7-5-9-21(15-19)17-28-14-13-26-11-6-12-27(18-23(26)25(28)30)24(29)16-22-10-4-3-8-20(22)2/h3-5,7-10,15,23H,6,11-14,16-18H2,1-2H3. The van der Waals surface area contributed by atoms with Crippen LogP contribution in [0.1, 0.15) is 28.7 Å². The Labute approximate surface area is 179 Å². The maximum atomic E-state index is 13.3. The SMILES string of the molecule is Cc1cccc(CN2CCN3CCCN(C(=O)Cc4ccccc4C)CC3C2=O)c1. The predicted octanol–water partition coefficient (Wildman–Crippen LogP) is 2.79. The van der Waals surface area contributed by atoms with Crippen molar-refractivity contribution in [1.29, 1.82) is 0 Å². The number of amides is 2. The van der Waals surface area contributed by atoms with E-state index in [1.165, 1.54) is 5.56 Å². The first-order valence-corrected chi connectivity index (χ1v) is 10.9. The molecule has 5 nitrogen and oxygen atoms in total. The summed E-state index contributed by atoms with van der Waals surface area (Å²) in [4.78, 5) is 32.5. The Morgan fingerprint density at radius 1 is 1.00 bits per heavy atom. The zero-order valence-electron chi connectivity index (χ0n) is 18.0. The van der Waals surface area contributed by atoms with Crippen LogP contribution in [0, 0.1) is 13.8 Å². The van der Waals surface area contributed by atoms with Crippen LogP contribution in [-0.2, 0) is 22.6 Å². The number of rotatable bonds is 4. The van der Waals surface area contributed by atoms with Crippen molar-refractivity contribution in [2.45, 2.75) is 39.3 Å². The second-order valence-electron chi connectivity index (χ2n) is 8.60. The summed E-state index contributed by atoms with van der Waals surface area (Å²) in [6, 6.07) is 16.2. The third kappa shape index (κ3) is 4.57. The molecular formula is C25H31N3O2. The number of nitrogens with zero attached hydrogens (tertiary/aromatic N) is 3. The second-order valence-corrected chi connectivity index (χ2v) is 8.60. The highest BCUT2D eigenvalue weighted by molar-refractivity contribution is 5.85. The molecule has 2 fully saturated rings. The van der Waals surface area contributed by atoms with Gasteiger partial charge in [0.15, 0.2) is 0 Å². The molecule has 0 aliphatic carbocycles. The van der Waals surface area contributed by atoms with E-state index < -0.39 is 0 Å². The van der Waals surface area contributed by atoms with E-state index in [9.17, 15) is 9.59 Å². The van der Waals surface area contributed by atoms with E-state index in [2.05, 4.69) is 30.0 Å². The van der Waals surface area contributed by atoms with Crippen molar-refractivity contribution >= 4 is 11.8 Å². The van der Waals surface area contributed by atoms with Gasteiger partial charge in [-0.3, -0.25) is 14.5 Å². The van der Waals surface area contributed by atoms with Gasteiger partial charge in [0.1, 0.15) is 6.04 Å². The molecule has 2 aromatic rings. The van der Waals surface area contributed by atoms with Crippen molar-refractivity contribution in [3.05, 3.63) is 70.8 Å². The zero-order valence-corrected chi connectivity index (χ0v) is 18.0. The molecule has 158 valence electrons. The third-order valence-electron chi connectivity index (χ3n) is 6.37. The Balaban J connectivity index is 1.45. The first-order chi connectivity index (χ1) is 14.5. The molecular weight excluding hydrogens is 374 g/mol. The molecule has 0 radical (unpaired) electrons. The lowest BCUT2D eigenvalue weighted by Crippen LogP contribution is -2.59. The molecule has 0 aromatic heterocycles. The van der Waals surface area contributed by atoms with Crippen molar-refractivity contribution in [2.24, 2.45) is 0 Å². The topological polar surface area (TPSA) is 43.9 Å². The molecule has 0 N–H and O–H groups in total. The van der Waals surface area contributed by atoms with Gasteiger partial charge < -0.3 is 9.80 Å². The summed E-state index contributed by atoms with van der Waals surface area (Å²) in [5, 5.41) is 0. The first-order valence-electron chi connectivity index (χ1n) is 10.9. The molecule has 5 heteroatoms. The minimum Gasteiger partial charge on any atom is -0.340 e. The molecule has 2 aliphatic heterocycles. The molecule has 2 aromatic carbocycles. The van der Waals surface area contributed by atoms with E-state index in [0.717, 1.165) is 49.3 Å². The van der Waals surface area contributed by atoms with Crippen LogP contribution in [-0.4, -0.2) is 65.3 Å². The molecule has 0 bridgehead atoms. The number of benzene rings is 2. The van der Waals surface area contributed by atoms with Crippen LogP contribution in [0.25, 0.3) is 0 Å². The lowest BCUT2D eigenvalue weighted by molar-refractivity contribution is -0.143. The highest BCUT2D eigenvalue weighted by Crippen LogP contribution is 2.20. The average molecular weight is 406 g/mol. The smallest absolute Gasteiger partial charge is 0.242 e. The van der Waals surface area contributed by atoms with Gasteiger partial charge in [0.2, 0.25) is 11.8 Å². The summed E-state index contributed by atoms with van der Waals surface area (Å²) in [7, 11) is 0. The van der Waals surface area contributed by atoms with Gasteiger partial charge in [-0.05, 0) is 37.0 Å². The molecule has 2 saturated heterocycles. The lowest BCUT2D eigenvalue weighted by Gasteiger charge is -2.40. The van der Waals surface area contributed by atoms with Crippen LogP contribution in [0.2, 0.25) is 0 Å². The van der Waals surface area contributed by atoms with Gasteiger partial charge in [-0.25, -0.2) is 0 Å². The van der Waals surface area contributed by atoms with Gasteiger partial charge in [0.05, 0.1) is 6.42 Å². The normalized spacial score (nSPS) is 20.1. The van der Waals surface area contributed by atoms with Crippen LogP contribution in [0.4, 0.5) is 0 Å². The lowest BCUT2D eigenvalue weighted by atomic mass is 10.0. The minimum atomic E-state index is -0.230. The van der Waals surface area contributed by atoms with Crippen molar-refractivity contribution in [1.82, 2.24) is 14.7 Å². The number of hydrogen-bond donors (Lipinski definition) is 0. The first kappa shape index (κ1) is 20.6. The summed E-state index contributed by atoms with van der Waals surface area (Å²) >= 11 is 0. The molecule has 1 atom stereocenters. The monoisotopic (exact) mass is 405 g/mol. The molecule has 2 heterocycles. The summed E-state index contributed by atoms with van der Waals surface area (Å²) in [5.41, 5.74) is 4.58. The van der Waals surface area contributed by atoms with Gasteiger partial charge >= 0.3 is 0 Å². The van der Waals surface area contributed by atoms with E-state index in [1.807, 2.05) is 47.1 Å². The van der Waals surface area contributed by atoms with E-state index in [4.69, 9.17) is 0 Å². The van der Waals surface area contributed by atoms with Crippen LogP contribution in [0.5, 0.6) is 0 Å². The molecule has 2 amide bonds. The quantitative estimate of drug-likeness (QED) is 0.786. The predicted molar refractivity (Wildman–Crippen MR) is 118 cm³/mol. The molecule has 0 spiro atoms. The maximum Gasteiger partial charge on any atom is 0.242 e. The van der Waals surface area contributed by atoms with Crippen molar-refractivity contribution in [3.8, 4) is 0 Å². The van der Waals surface area contributed by atoms with E-state index in [-0.39, 0.29) is 17.9 Å². The number of piperazine rings is 1. The summed E-state index contributed by atoms with van der Waals surface area (Å²) in [5.74, 6) is 0.271. The van der Waals surface area contributed by atoms with E-state index in [1.54, 1.807) is 0 Å². The average Bonchev–Trinajstić information content (AvgIpc) is 2.95. The van der Waals surface area contributed by atoms with Crippen molar-refractivity contribution in [2.75, 3.05) is 32.7 Å². The van der Waals surface area contributed by atoms with Gasteiger partial charge in [-0.15, -0.1) is 0 Å². The van der Waals surface area contributed by atoms with Crippen molar-refractivity contribution < 1.29 is 9.59 Å². The maximum absolute atomic E-state index is 13.3. The largest absolute Gasteiger partial charge is 0.340 e. The van der Waals surface area contributed by atoms with Gasteiger partial charge in [-0.2, -0.15) is 0 Å². The highest BCUT2D eigenvalue weighted by atomic mass is 16.2. The van der Waals surface area contributed by atoms with Gasteiger partial charge in [-0.1, -0.05) is 54.1 Å². The molecule has 2 aliphatic rings. The van der Waals surface area contributed by atoms with Crippen LogP contribution >= 0.6 is 0 Å². The fraction of sp³-hybridized carbons (Fsp3) is 0.440. The zero-order chi connectivity index (χ0) is 21.1. The second kappa shape index (κ2) is 9.00. The Morgan fingerprint density at radius 3 is 2.63 bits per heavy atom. The molecule has 30 heavy (non-hydrogen) atoms. The van der Waals surface area contributed by atoms with Crippen LogP contribution < -0.4 is 0 Å². The third-order valence-corrected chi connectivity index (χ3v) is 6.37. The number of carbonyl (C=O) groups is 2. The Morgan fingerprint density at radius 2 is 1.83 bits per heavy atom. The Bertz CT molecular complexity index is 926. The summed E-state index contributed by atoms with van der Waals surface area (Å²) in [6.07, 6.45) is 1.32. The minimum absolute atomic E-state index is 0.120. The number of hydrogen-bond acceptors (Lipinski definition) is 3. The Hall–Kier alpha value is -2.66. The number of fused-ring (bicyclic) bond motifs is 1.